The van der Waals surface area contributed by atoms with E-state index in [1.807, 2.05) is 36.5 Å². The number of rotatable bonds is 11. The highest BCUT2D eigenvalue weighted by Crippen LogP contribution is 2.26. The van der Waals surface area contributed by atoms with Crippen LogP contribution in [0.2, 0.25) is 0 Å². The molecule has 0 aliphatic heterocycles. The van der Waals surface area contributed by atoms with Gasteiger partial charge in [0.2, 0.25) is 5.91 Å². The maximum Gasteiger partial charge on any atom is 0.247 e. The summed E-state index contributed by atoms with van der Waals surface area (Å²) >= 11 is 2.39. The molecule has 0 aromatic rings. The standard InChI is InChI=1S/C28H40IN3O/c1-5-6-7-8-9-10-20-31-26(33)25(22-12-11-16-28(4,29)19-14-22)32-21-23-13-17-27(2,3)18-15-24(23)30/h11-19,21,25,30,32H,5-10,20H2,1-4H3,(H,31,33)/b23-21-,30-24?. The van der Waals surface area contributed by atoms with Gasteiger partial charge in [0.15, 0.2) is 0 Å². The lowest BCUT2D eigenvalue weighted by Crippen LogP contribution is -2.43. The Balaban J connectivity index is 2.12. The summed E-state index contributed by atoms with van der Waals surface area (Å²) in [5.74, 6) is -0.0400. The van der Waals surface area contributed by atoms with Gasteiger partial charge in [0.05, 0.1) is 9.13 Å². The fourth-order valence-corrected chi connectivity index (χ4v) is 3.98. The molecule has 4 nitrogen and oxygen atoms in total. The predicted molar refractivity (Wildman–Crippen MR) is 150 cm³/mol. The topological polar surface area (TPSA) is 65.0 Å². The Morgan fingerprint density at radius 1 is 1.03 bits per heavy atom. The van der Waals surface area contributed by atoms with Gasteiger partial charge in [0.1, 0.15) is 6.04 Å². The molecule has 2 aliphatic carbocycles. The number of allylic oxidation sites excluding steroid dienone is 9. The van der Waals surface area contributed by atoms with Crippen LogP contribution in [0, 0.1) is 10.8 Å². The van der Waals surface area contributed by atoms with Crippen molar-refractivity contribution in [3.8, 4) is 0 Å². The molecule has 2 aliphatic rings. The lowest BCUT2D eigenvalue weighted by Gasteiger charge is -2.19. The second-order valence-electron chi connectivity index (χ2n) is 9.67. The highest BCUT2D eigenvalue weighted by Gasteiger charge is 2.23. The van der Waals surface area contributed by atoms with Gasteiger partial charge in [-0.15, -0.1) is 0 Å². The molecule has 0 aromatic carbocycles. The van der Waals surface area contributed by atoms with Crippen molar-refractivity contribution in [2.24, 2.45) is 5.41 Å². The van der Waals surface area contributed by atoms with Gasteiger partial charge in [-0.05, 0) is 25.0 Å². The zero-order valence-electron chi connectivity index (χ0n) is 20.6. The second-order valence-corrected chi connectivity index (χ2v) is 12.0. The summed E-state index contributed by atoms with van der Waals surface area (Å²) in [5, 5.41) is 14.8. The zero-order chi connectivity index (χ0) is 24.3. The molecule has 0 fully saturated rings. The Labute approximate surface area is 214 Å². The third-order valence-electron chi connectivity index (χ3n) is 5.83. The number of unbranched alkanes of at least 4 members (excludes halogenated alkanes) is 5. The van der Waals surface area contributed by atoms with Crippen molar-refractivity contribution >= 4 is 34.2 Å². The number of halogens is 1. The Hall–Kier alpha value is -1.89. The molecule has 2 atom stereocenters. The third-order valence-corrected chi connectivity index (χ3v) is 6.55. The van der Waals surface area contributed by atoms with Crippen molar-refractivity contribution in [2.75, 3.05) is 6.54 Å². The number of amides is 1. The minimum atomic E-state index is -0.523. The highest BCUT2D eigenvalue weighted by atomic mass is 127. The highest BCUT2D eigenvalue weighted by molar-refractivity contribution is 14.1. The van der Waals surface area contributed by atoms with Crippen LogP contribution in [0.25, 0.3) is 0 Å². The zero-order valence-corrected chi connectivity index (χ0v) is 22.7. The van der Waals surface area contributed by atoms with Gasteiger partial charge in [0, 0.05) is 23.7 Å². The maximum absolute atomic E-state index is 13.2. The summed E-state index contributed by atoms with van der Waals surface area (Å²) in [4.78, 5) is 13.2. The van der Waals surface area contributed by atoms with Crippen molar-refractivity contribution in [1.29, 1.82) is 5.41 Å². The summed E-state index contributed by atoms with van der Waals surface area (Å²) < 4.78 is -0.0868. The first kappa shape index (κ1) is 27.4. The van der Waals surface area contributed by atoms with Crippen molar-refractivity contribution in [3.63, 3.8) is 0 Å². The smallest absolute Gasteiger partial charge is 0.247 e. The molecular weight excluding hydrogens is 521 g/mol. The van der Waals surface area contributed by atoms with Gasteiger partial charge in [-0.1, -0.05) is 124 Å². The van der Waals surface area contributed by atoms with Crippen LogP contribution in [0.1, 0.15) is 66.2 Å². The molecule has 5 heteroatoms. The minimum absolute atomic E-state index is 0.0400. The van der Waals surface area contributed by atoms with Crippen LogP contribution < -0.4 is 10.6 Å². The monoisotopic (exact) mass is 561 g/mol. The normalized spacial score (nSPS) is 23.7. The number of carbonyl (C=O) groups is 1. The molecule has 33 heavy (non-hydrogen) atoms. The van der Waals surface area contributed by atoms with Crippen LogP contribution >= 0.6 is 22.6 Å². The molecule has 0 aromatic heterocycles. The molecule has 0 bridgehead atoms. The van der Waals surface area contributed by atoms with E-state index in [1.54, 1.807) is 6.20 Å². The molecule has 180 valence electrons. The number of nitrogens with one attached hydrogen (secondary N) is 3. The Morgan fingerprint density at radius 3 is 2.48 bits per heavy atom. The molecule has 0 spiro atoms. The maximum atomic E-state index is 13.2. The van der Waals surface area contributed by atoms with E-state index >= 15 is 0 Å². The summed E-state index contributed by atoms with van der Waals surface area (Å²) in [6.07, 6.45) is 27.1. The van der Waals surface area contributed by atoms with E-state index in [-0.39, 0.29) is 14.7 Å². The van der Waals surface area contributed by atoms with Crippen molar-refractivity contribution in [3.05, 3.63) is 72.0 Å². The minimum Gasteiger partial charge on any atom is -0.376 e. The SMILES string of the molecule is CCCCCCCCNC(=O)C(N/C=C1/C=CC(C)(C)C=CC1=N)C1=CC=CC(C)(I)C=C1. The van der Waals surface area contributed by atoms with Gasteiger partial charge in [0.25, 0.3) is 0 Å². The van der Waals surface area contributed by atoms with E-state index in [0.29, 0.717) is 12.3 Å². The fraction of sp³-hybridized carbons (Fsp3) is 0.500. The predicted octanol–water partition coefficient (Wildman–Crippen LogP) is 6.72. The molecule has 1 amide bonds. The van der Waals surface area contributed by atoms with Crippen LogP contribution in [0.15, 0.2) is 72.0 Å². The summed E-state index contributed by atoms with van der Waals surface area (Å²) in [6.45, 7) is 9.25. The van der Waals surface area contributed by atoms with Gasteiger partial charge >= 0.3 is 0 Å². The van der Waals surface area contributed by atoms with E-state index in [4.69, 9.17) is 5.41 Å². The second kappa shape index (κ2) is 13.1. The number of alkyl halides is 1. The Bertz CT molecular complexity index is 872. The first-order valence-corrected chi connectivity index (χ1v) is 13.2. The van der Waals surface area contributed by atoms with Crippen LogP contribution in [0.3, 0.4) is 0 Å². The Morgan fingerprint density at radius 2 is 1.73 bits per heavy atom. The molecule has 2 unspecified atom stereocenters. The summed E-state index contributed by atoms with van der Waals surface area (Å²) in [6, 6.07) is -0.523. The summed E-state index contributed by atoms with van der Waals surface area (Å²) in [7, 11) is 0. The quantitative estimate of drug-likeness (QED) is 0.149. The molecule has 2 rings (SSSR count). The molecular formula is C28H40IN3O. The van der Waals surface area contributed by atoms with Gasteiger partial charge < -0.3 is 16.0 Å². The van der Waals surface area contributed by atoms with Crippen molar-refractivity contribution in [2.45, 2.75) is 75.7 Å². The summed E-state index contributed by atoms with van der Waals surface area (Å²) in [5.41, 5.74) is 2.00. The van der Waals surface area contributed by atoms with Crippen molar-refractivity contribution < 1.29 is 4.79 Å². The van der Waals surface area contributed by atoms with Crippen LogP contribution in [-0.2, 0) is 4.79 Å². The fourth-order valence-electron chi connectivity index (χ4n) is 3.60. The van der Waals surface area contributed by atoms with Crippen LogP contribution in [-0.4, -0.2) is 27.6 Å². The van der Waals surface area contributed by atoms with Crippen LogP contribution in [0.5, 0.6) is 0 Å². The number of hydrogen-bond acceptors (Lipinski definition) is 3. The van der Waals surface area contributed by atoms with Crippen molar-refractivity contribution in [1.82, 2.24) is 10.6 Å². The van der Waals surface area contributed by atoms with E-state index in [1.165, 1.54) is 25.7 Å². The first-order valence-electron chi connectivity index (χ1n) is 12.1. The van der Waals surface area contributed by atoms with E-state index < -0.39 is 6.04 Å². The number of hydrogen-bond donors (Lipinski definition) is 3. The van der Waals surface area contributed by atoms with Gasteiger partial charge in [-0.2, -0.15) is 0 Å². The molecule has 0 radical (unpaired) electrons. The molecule has 3 N–H and O–H groups in total. The lowest BCUT2D eigenvalue weighted by atomic mass is 9.93. The Kier molecular flexibility index (Phi) is 10.9. The van der Waals surface area contributed by atoms with Gasteiger partial charge in [-0.3, -0.25) is 4.79 Å². The third kappa shape index (κ3) is 9.86. The largest absolute Gasteiger partial charge is 0.376 e. The molecule has 0 heterocycles. The lowest BCUT2D eigenvalue weighted by molar-refractivity contribution is -0.122. The van der Waals surface area contributed by atoms with E-state index in [2.05, 4.69) is 79.1 Å². The first-order chi connectivity index (χ1) is 15.6. The molecule has 0 saturated carbocycles. The van der Waals surface area contributed by atoms with Crippen LogP contribution in [0.4, 0.5) is 0 Å². The molecule has 0 saturated heterocycles. The average Bonchev–Trinajstić information content (AvgIpc) is 3.01. The van der Waals surface area contributed by atoms with E-state index in [0.717, 1.165) is 24.0 Å². The van der Waals surface area contributed by atoms with E-state index in [9.17, 15) is 4.79 Å². The average molecular weight is 562 g/mol. The number of carbonyl (C=O) groups excluding carboxylic acids is 1. The van der Waals surface area contributed by atoms with Gasteiger partial charge in [-0.25, -0.2) is 0 Å².